The molecule has 0 spiro atoms. The van der Waals surface area contributed by atoms with Crippen molar-refractivity contribution < 1.29 is 9.47 Å². The molecule has 0 heterocycles. The Labute approximate surface area is 131 Å². The molecule has 0 radical (unpaired) electrons. The number of ether oxygens (including phenoxy) is 2. The van der Waals surface area contributed by atoms with Crippen molar-refractivity contribution in [2.45, 2.75) is 109 Å². The SMILES string of the molecule is CC=CCCC(C)(OC1CCCCC1)OC1CCCCC1. The molecule has 0 saturated heterocycles. The van der Waals surface area contributed by atoms with Crippen molar-refractivity contribution in [1.82, 2.24) is 0 Å². The summed E-state index contributed by atoms with van der Waals surface area (Å²) in [6, 6.07) is 0. The normalized spacial score (nSPS) is 23.0. The lowest BCUT2D eigenvalue weighted by molar-refractivity contribution is -0.277. The molecule has 2 saturated carbocycles. The third kappa shape index (κ3) is 6.12. The van der Waals surface area contributed by atoms with E-state index in [9.17, 15) is 0 Å². The standard InChI is InChI=1S/C19H34O2/c1-3-4-11-16-19(2,20-17-12-7-5-8-13-17)21-18-14-9-6-10-15-18/h3-4,17-18H,5-16H2,1-2H3. The van der Waals surface area contributed by atoms with E-state index in [4.69, 9.17) is 9.47 Å². The maximum atomic E-state index is 6.47. The van der Waals surface area contributed by atoms with Crippen LogP contribution in [0.4, 0.5) is 0 Å². The molecule has 0 N–H and O–H groups in total. The molecule has 0 aromatic rings. The maximum absolute atomic E-state index is 6.47. The monoisotopic (exact) mass is 294 g/mol. The summed E-state index contributed by atoms with van der Waals surface area (Å²) in [4.78, 5) is 0. The molecule has 0 bridgehead atoms. The van der Waals surface area contributed by atoms with Crippen LogP contribution in [0.1, 0.15) is 90.9 Å². The molecule has 0 amide bonds. The second-order valence-electron chi connectivity index (χ2n) is 7.00. The lowest BCUT2D eigenvalue weighted by Gasteiger charge is -2.39. The summed E-state index contributed by atoms with van der Waals surface area (Å²) in [7, 11) is 0. The van der Waals surface area contributed by atoms with E-state index in [1.54, 1.807) is 0 Å². The molecule has 21 heavy (non-hydrogen) atoms. The summed E-state index contributed by atoms with van der Waals surface area (Å²) >= 11 is 0. The quantitative estimate of drug-likeness (QED) is 0.439. The molecule has 122 valence electrons. The van der Waals surface area contributed by atoms with Crippen molar-refractivity contribution in [2.75, 3.05) is 0 Å². The van der Waals surface area contributed by atoms with E-state index in [0.29, 0.717) is 12.2 Å². The zero-order valence-electron chi connectivity index (χ0n) is 14.1. The van der Waals surface area contributed by atoms with E-state index in [0.717, 1.165) is 12.8 Å². The van der Waals surface area contributed by atoms with E-state index >= 15 is 0 Å². The minimum Gasteiger partial charge on any atom is -0.347 e. The van der Waals surface area contributed by atoms with Crippen molar-refractivity contribution in [1.29, 1.82) is 0 Å². The van der Waals surface area contributed by atoms with Crippen molar-refractivity contribution in [3.8, 4) is 0 Å². The van der Waals surface area contributed by atoms with Crippen LogP contribution in [0.25, 0.3) is 0 Å². The predicted molar refractivity (Wildman–Crippen MR) is 88.4 cm³/mol. The molecule has 0 aliphatic heterocycles. The lowest BCUT2D eigenvalue weighted by atomic mass is 9.96. The molecule has 2 nitrogen and oxygen atoms in total. The van der Waals surface area contributed by atoms with Crippen molar-refractivity contribution in [3.63, 3.8) is 0 Å². The Kier molecular flexibility index (Phi) is 7.25. The fourth-order valence-electron chi connectivity index (χ4n) is 3.73. The summed E-state index contributed by atoms with van der Waals surface area (Å²) < 4.78 is 12.9. The van der Waals surface area contributed by atoms with Gasteiger partial charge < -0.3 is 9.47 Å². The zero-order chi connectivity index (χ0) is 15.0. The van der Waals surface area contributed by atoms with Crippen LogP contribution in [0, 0.1) is 0 Å². The third-order valence-corrected chi connectivity index (χ3v) is 4.94. The minimum atomic E-state index is -0.385. The van der Waals surface area contributed by atoms with Gasteiger partial charge in [-0.05, 0) is 46.0 Å². The van der Waals surface area contributed by atoms with E-state index < -0.39 is 0 Å². The minimum absolute atomic E-state index is 0.385. The van der Waals surface area contributed by atoms with Crippen molar-refractivity contribution in [2.24, 2.45) is 0 Å². The average Bonchev–Trinajstić information content (AvgIpc) is 2.49. The van der Waals surface area contributed by atoms with Crippen LogP contribution in [-0.4, -0.2) is 18.0 Å². The van der Waals surface area contributed by atoms with Gasteiger partial charge in [-0.3, -0.25) is 0 Å². The van der Waals surface area contributed by atoms with E-state index in [1.807, 2.05) is 0 Å². The first kappa shape index (κ1) is 17.0. The highest BCUT2D eigenvalue weighted by atomic mass is 16.7. The average molecular weight is 294 g/mol. The molecule has 0 aromatic heterocycles. The Morgan fingerprint density at radius 3 is 1.76 bits per heavy atom. The Balaban J connectivity index is 1.90. The molecular weight excluding hydrogens is 260 g/mol. The fourth-order valence-corrected chi connectivity index (χ4v) is 3.73. The molecule has 0 aromatic carbocycles. The van der Waals surface area contributed by atoms with Crippen LogP contribution >= 0.6 is 0 Å². The van der Waals surface area contributed by atoms with E-state index in [2.05, 4.69) is 26.0 Å². The summed E-state index contributed by atoms with van der Waals surface area (Å²) in [6.45, 7) is 4.26. The summed E-state index contributed by atoms with van der Waals surface area (Å²) in [6.07, 6.45) is 20.1. The second kappa shape index (κ2) is 8.95. The molecule has 0 unspecified atom stereocenters. The lowest BCUT2D eigenvalue weighted by Crippen LogP contribution is -2.41. The van der Waals surface area contributed by atoms with Crippen LogP contribution < -0.4 is 0 Å². The highest BCUT2D eigenvalue weighted by Gasteiger charge is 2.33. The number of rotatable bonds is 7. The Morgan fingerprint density at radius 1 is 0.857 bits per heavy atom. The topological polar surface area (TPSA) is 18.5 Å². The Hall–Kier alpha value is -0.340. The molecule has 2 heteroatoms. The number of allylic oxidation sites excluding steroid dienone is 2. The van der Waals surface area contributed by atoms with Gasteiger partial charge in [0.1, 0.15) is 0 Å². The zero-order valence-corrected chi connectivity index (χ0v) is 14.1. The Morgan fingerprint density at radius 2 is 1.33 bits per heavy atom. The molecule has 0 atom stereocenters. The van der Waals surface area contributed by atoms with Gasteiger partial charge in [0.15, 0.2) is 5.79 Å². The van der Waals surface area contributed by atoms with Crippen LogP contribution in [0.2, 0.25) is 0 Å². The van der Waals surface area contributed by atoms with Crippen LogP contribution in [0.5, 0.6) is 0 Å². The first-order valence-electron chi connectivity index (χ1n) is 9.19. The number of hydrogen-bond donors (Lipinski definition) is 0. The van der Waals surface area contributed by atoms with Gasteiger partial charge in [-0.15, -0.1) is 0 Å². The van der Waals surface area contributed by atoms with Gasteiger partial charge in [-0.1, -0.05) is 50.7 Å². The smallest absolute Gasteiger partial charge is 0.166 e. The van der Waals surface area contributed by atoms with Gasteiger partial charge in [-0.2, -0.15) is 0 Å². The van der Waals surface area contributed by atoms with Crippen LogP contribution in [0.15, 0.2) is 12.2 Å². The number of hydrogen-bond acceptors (Lipinski definition) is 2. The molecule has 2 aliphatic carbocycles. The van der Waals surface area contributed by atoms with E-state index in [1.165, 1.54) is 64.2 Å². The molecule has 2 rings (SSSR count). The summed E-state index contributed by atoms with van der Waals surface area (Å²) in [5.74, 6) is -0.385. The van der Waals surface area contributed by atoms with Gasteiger partial charge in [0.2, 0.25) is 0 Å². The summed E-state index contributed by atoms with van der Waals surface area (Å²) in [5, 5.41) is 0. The highest BCUT2D eigenvalue weighted by Crippen LogP contribution is 2.32. The second-order valence-corrected chi connectivity index (χ2v) is 7.00. The molecule has 2 aliphatic rings. The van der Waals surface area contributed by atoms with Gasteiger partial charge in [0.25, 0.3) is 0 Å². The van der Waals surface area contributed by atoms with Gasteiger partial charge in [0.05, 0.1) is 12.2 Å². The van der Waals surface area contributed by atoms with Crippen LogP contribution in [-0.2, 0) is 9.47 Å². The Bertz CT molecular complexity index is 279. The van der Waals surface area contributed by atoms with Gasteiger partial charge in [-0.25, -0.2) is 0 Å². The van der Waals surface area contributed by atoms with Crippen molar-refractivity contribution in [3.05, 3.63) is 12.2 Å². The van der Waals surface area contributed by atoms with Crippen molar-refractivity contribution >= 4 is 0 Å². The van der Waals surface area contributed by atoms with Gasteiger partial charge in [0, 0.05) is 6.42 Å². The maximum Gasteiger partial charge on any atom is 0.166 e. The van der Waals surface area contributed by atoms with E-state index in [-0.39, 0.29) is 5.79 Å². The predicted octanol–water partition coefficient (Wildman–Crippen LogP) is 5.76. The molecular formula is C19H34O2. The highest BCUT2D eigenvalue weighted by molar-refractivity contribution is 4.82. The largest absolute Gasteiger partial charge is 0.347 e. The third-order valence-electron chi connectivity index (χ3n) is 4.94. The fraction of sp³-hybridized carbons (Fsp3) is 0.895. The van der Waals surface area contributed by atoms with Crippen LogP contribution in [0.3, 0.4) is 0 Å². The van der Waals surface area contributed by atoms with Gasteiger partial charge >= 0.3 is 0 Å². The first-order chi connectivity index (χ1) is 10.2. The molecule has 2 fully saturated rings. The summed E-state index contributed by atoms with van der Waals surface area (Å²) in [5.41, 5.74) is 0. The first-order valence-corrected chi connectivity index (χ1v) is 9.19.